The van der Waals surface area contributed by atoms with Crippen LogP contribution in [-0.4, -0.2) is 31.1 Å². The van der Waals surface area contributed by atoms with Gasteiger partial charge in [0.25, 0.3) is 0 Å². The van der Waals surface area contributed by atoms with Crippen LogP contribution in [0.25, 0.3) is 11.5 Å². The maximum atomic E-state index is 12.6. The fourth-order valence-electron chi connectivity index (χ4n) is 3.58. The molecule has 150 valence electrons. The Morgan fingerprint density at radius 1 is 1.17 bits per heavy atom. The molecule has 2 aromatic carbocycles. The van der Waals surface area contributed by atoms with E-state index in [0.717, 1.165) is 35.8 Å². The number of oxazole rings is 1. The molecule has 4 rings (SSSR count). The Kier molecular flexibility index (Phi) is 5.51. The Labute approximate surface area is 170 Å². The van der Waals surface area contributed by atoms with Crippen LogP contribution in [0.5, 0.6) is 5.75 Å². The van der Waals surface area contributed by atoms with Crippen LogP contribution in [0.15, 0.2) is 52.9 Å². The van der Waals surface area contributed by atoms with Gasteiger partial charge in [0.2, 0.25) is 11.8 Å². The molecule has 3 aromatic rings. The first kappa shape index (κ1) is 19.1. The number of hydrogen-bond donors (Lipinski definition) is 1. The molecule has 1 aromatic heterocycles. The number of hydrogen-bond acceptors (Lipinski definition) is 5. The van der Waals surface area contributed by atoms with Gasteiger partial charge in [0.05, 0.1) is 19.2 Å². The van der Waals surface area contributed by atoms with Crippen molar-refractivity contribution in [1.82, 2.24) is 4.98 Å². The van der Waals surface area contributed by atoms with Crippen molar-refractivity contribution in [1.29, 1.82) is 0 Å². The second kappa shape index (κ2) is 8.39. The minimum Gasteiger partial charge on any atom is -0.497 e. The number of anilines is 2. The van der Waals surface area contributed by atoms with E-state index in [-0.39, 0.29) is 12.3 Å². The van der Waals surface area contributed by atoms with Gasteiger partial charge < -0.3 is 19.4 Å². The number of carbonyl (C=O) groups excluding carboxylic acids is 1. The Morgan fingerprint density at radius 3 is 2.76 bits per heavy atom. The Morgan fingerprint density at radius 2 is 1.97 bits per heavy atom. The lowest BCUT2D eigenvalue weighted by Crippen LogP contribution is -2.18. The highest BCUT2D eigenvalue weighted by atomic mass is 16.5. The van der Waals surface area contributed by atoms with Crippen molar-refractivity contribution in [3.8, 4) is 17.2 Å². The molecule has 0 bridgehead atoms. The maximum absolute atomic E-state index is 12.6. The molecule has 1 aliphatic heterocycles. The van der Waals surface area contributed by atoms with Gasteiger partial charge in [-0.1, -0.05) is 12.1 Å². The van der Waals surface area contributed by atoms with Crippen molar-refractivity contribution in [2.24, 2.45) is 0 Å². The number of amides is 1. The number of carbonyl (C=O) groups is 1. The second-order valence-corrected chi connectivity index (χ2v) is 7.22. The number of aryl methyl sites for hydroxylation is 1. The third-order valence-corrected chi connectivity index (χ3v) is 5.14. The second-order valence-electron chi connectivity index (χ2n) is 7.22. The lowest BCUT2D eigenvalue weighted by atomic mass is 10.2. The summed E-state index contributed by atoms with van der Waals surface area (Å²) in [5.74, 6) is 1.75. The molecule has 2 heterocycles. The fraction of sp³-hybridized carbons (Fsp3) is 0.304. The molecule has 1 aliphatic rings. The number of ether oxygens (including phenoxy) is 1. The molecule has 0 aliphatic carbocycles. The normalized spacial score (nSPS) is 13.5. The minimum atomic E-state index is -0.114. The van der Waals surface area contributed by atoms with Crippen LogP contribution in [0.4, 0.5) is 11.4 Å². The molecule has 0 atom stereocenters. The molecule has 6 nitrogen and oxygen atoms in total. The number of nitrogens with zero attached hydrogens (tertiary/aromatic N) is 2. The minimum absolute atomic E-state index is 0.114. The number of aromatic nitrogens is 1. The predicted octanol–water partition coefficient (Wildman–Crippen LogP) is 4.44. The lowest BCUT2D eigenvalue weighted by Gasteiger charge is -2.18. The highest BCUT2D eigenvalue weighted by Crippen LogP contribution is 2.26. The molecule has 29 heavy (non-hydrogen) atoms. The van der Waals surface area contributed by atoms with Gasteiger partial charge in [-0.15, -0.1) is 0 Å². The first-order chi connectivity index (χ1) is 14.1. The molecule has 1 saturated heterocycles. The van der Waals surface area contributed by atoms with Crippen molar-refractivity contribution in [2.75, 3.05) is 30.4 Å². The molecule has 1 N–H and O–H groups in total. The highest BCUT2D eigenvalue weighted by molar-refractivity contribution is 5.92. The highest BCUT2D eigenvalue weighted by Gasteiger charge is 2.16. The standard InChI is InChI=1S/C23H25N3O3/c1-16-21(25-23(29-16)17-7-5-10-20(13-17)28-2)15-22(27)24-18-8-6-9-19(14-18)26-11-3-4-12-26/h5-10,13-14H,3-4,11-12,15H2,1-2H3,(H,24,27). The van der Waals surface area contributed by atoms with Gasteiger partial charge in [0.15, 0.2) is 0 Å². The number of methoxy groups -OCH3 is 1. The smallest absolute Gasteiger partial charge is 0.230 e. The van der Waals surface area contributed by atoms with Gasteiger partial charge in [-0.3, -0.25) is 4.79 Å². The Balaban J connectivity index is 1.45. The van der Waals surface area contributed by atoms with E-state index in [1.165, 1.54) is 12.8 Å². The first-order valence-corrected chi connectivity index (χ1v) is 9.88. The van der Waals surface area contributed by atoms with Crippen LogP contribution in [0.1, 0.15) is 24.3 Å². The van der Waals surface area contributed by atoms with Crippen molar-refractivity contribution < 1.29 is 13.9 Å². The van der Waals surface area contributed by atoms with Crippen LogP contribution < -0.4 is 15.0 Å². The zero-order valence-electron chi connectivity index (χ0n) is 16.8. The summed E-state index contributed by atoms with van der Waals surface area (Å²) in [6.07, 6.45) is 2.60. The summed E-state index contributed by atoms with van der Waals surface area (Å²) in [5.41, 5.74) is 3.40. The first-order valence-electron chi connectivity index (χ1n) is 9.88. The van der Waals surface area contributed by atoms with Crippen molar-refractivity contribution >= 4 is 17.3 Å². The van der Waals surface area contributed by atoms with Gasteiger partial charge >= 0.3 is 0 Å². The Hall–Kier alpha value is -3.28. The summed E-state index contributed by atoms with van der Waals surface area (Å²) in [4.78, 5) is 19.5. The van der Waals surface area contributed by atoms with Crippen LogP contribution in [0, 0.1) is 6.92 Å². The average molecular weight is 391 g/mol. The third-order valence-electron chi connectivity index (χ3n) is 5.14. The van der Waals surface area contributed by atoms with E-state index in [2.05, 4.69) is 21.3 Å². The fourth-order valence-corrected chi connectivity index (χ4v) is 3.58. The van der Waals surface area contributed by atoms with Crippen molar-refractivity contribution in [2.45, 2.75) is 26.2 Å². The Bertz CT molecular complexity index is 1010. The summed E-state index contributed by atoms with van der Waals surface area (Å²) in [6.45, 7) is 3.97. The average Bonchev–Trinajstić information content (AvgIpc) is 3.39. The summed E-state index contributed by atoms with van der Waals surface area (Å²) in [6, 6.07) is 15.5. The lowest BCUT2D eigenvalue weighted by molar-refractivity contribution is -0.115. The topological polar surface area (TPSA) is 67.6 Å². The van der Waals surface area contributed by atoms with Gasteiger partial charge in [-0.25, -0.2) is 4.98 Å². The van der Waals surface area contributed by atoms with E-state index in [1.54, 1.807) is 7.11 Å². The van der Waals surface area contributed by atoms with Gasteiger partial charge in [0, 0.05) is 30.0 Å². The zero-order valence-corrected chi connectivity index (χ0v) is 16.8. The zero-order chi connectivity index (χ0) is 20.2. The van der Waals surface area contributed by atoms with Crippen molar-refractivity contribution in [3.05, 3.63) is 60.0 Å². The molecule has 0 spiro atoms. The van der Waals surface area contributed by atoms with Gasteiger partial charge in [-0.2, -0.15) is 0 Å². The van der Waals surface area contributed by atoms with Crippen LogP contribution in [0.3, 0.4) is 0 Å². The van der Waals surface area contributed by atoms with Crippen LogP contribution >= 0.6 is 0 Å². The quantitative estimate of drug-likeness (QED) is 0.673. The molecular formula is C23H25N3O3. The third kappa shape index (κ3) is 4.42. The molecule has 0 unspecified atom stereocenters. The molecule has 1 fully saturated rings. The number of rotatable bonds is 6. The van der Waals surface area contributed by atoms with Crippen LogP contribution in [0.2, 0.25) is 0 Å². The molecule has 0 saturated carbocycles. The number of benzene rings is 2. The van der Waals surface area contributed by atoms with E-state index >= 15 is 0 Å². The molecule has 1 amide bonds. The molecule has 6 heteroatoms. The number of nitrogens with one attached hydrogen (secondary N) is 1. The predicted molar refractivity (Wildman–Crippen MR) is 113 cm³/mol. The summed E-state index contributed by atoms with van der Waals surface area (Å²) in [5, 5.41) is 2.98. The maximum Gasteiger partial charge on any atom is 0.230 e. The van der Waals surface area contributed by atoms with Gasteiger partial charge in [-0.05, 0) is 56.2 Å². The SMILES string of the molecule is COc1cccc(-c2nc(CC(=O)Nc3cccc(N4CCCC4)c3)c(C)o2)c1. The monoisotopic (exact) mass is 391 g/mol. The summed E-state index contributed by atoms with van der Waals surface area (Å²) >= 11 is 0. The van der Waals surface area contributed by atoms with E-state index in [9.17, 15) is 4.79 Å². The summed E-state index contributed by atoms with van der Waals surface area (Å²) < 4.78 is 11.0. The van der Waals surface area contributed by atoms with Crippen molar-refractivity contribution in [3.63, 3.8) is 0 Å². The van der Waals surface area contributed by atoms with E-state index in [0.29, 0.717) is 17.3 Å². The molecule has 0 radical (unpaired) electrons. The van der Waals surface area contributed by atoms with Crippen LogP contribution in [-0.2, 0) is 11.2 Å². The van der Waals surface area contributed by atoms with E-state index < -0.39 is 0 Å². The van der Waals surface area contributed by atoms with Gasteiger partial charge in [0.1, 0.15) is 11.5 Å². The summed E-state index contributed by atoms with van der Waals surface area (Å²) in [7, 11) is 1.62. The van der Waals surface area contributed by atoms with E-state index in [1.807, 2.05) is 49.4 Å². The van der Waals surface area contributed by atoms with E-state index in [4.69, 9.17) is 9.15 Å². The molecular weight excluding hydrogens is 366 g/mol. The largest absolute Gasteiger partial charge is 0.497 e.